The maximum atomic E-state index is 12.3. The van der Waals surface area contributed by atoms with Gasteiger partial charge in [-0.2, -0.15) is 5.10 Å². The highest BCUT2D eigenvalue weighted by molar-refractivity contribution is 7.17. The minimum atomic E-state index is -0.213. The minimum absolute atomic E-state index is 0.0406. The number of nitrogens with one attached hydrogen (secondary N) is 1. The molecule has 0 unspecified atom stereocenters. The zero-order valence-corrected chi connectivity index (χ0v) is 14.3. The van der Waals surface area contributed by atoms with Crippen molar-refractivity contribution < 1.29 is 4.79 Å². The molecule has 1 N–H and O–H groups in total. The van der Waals surface area contributed by atoms with Gasteiger partial charge >= 0.3 is 0 Å². The highest BCUT2D eigenvalue weighted by Gasteiger charge is 2.11. The predicted molar refractivity (Wildman–Crippen MR) is 96.2 cm³/mol. The second kappa shape index (κ2) is 7.40. The molecule has 0 spiro atoms. The molecule has 1 aromatic carbocycles. The Bertz CT molecular complexity index is 886. The van der Waals surface area contributed by atoms with E-state index in [-0.39, 0.29) is 24.1 Å². The molecule has 0 aliphatic carbocycles. The molecule has 0 radical (unpaired) electrons. The van der Waals surface area contributed by atoms with Gasteiger partial charge in [-0.15, -0.1) is 11.3 Å². The summed E-state index contributed by atoms with van der Waals surface area (Å²) in [6.45, 7) is 1.92. The van der Waals surface area contributed by atoms with Gasteiger partial charge in [-0.1, -0.05) is 30.3 Å². The summed E-state index contributed by atoms with van der Waals surface area (Å²) in [6.07, 6.45) is 3.38. The smallest absolute Gasteiger partial charge is 0.285 e. The van der Waals surface area contributed by atoms with Crippen LogP contribution in [0.4, 0.5) is 0 Å². The molecule has 124 valence electrons. The van der Waals surface area contributed by atoms with Crippen molar-refractivity contribution in [1.82, 2.24) is 15.1 Å². The van der Waals surface area contributed by atoms with Crippen LogP contribution in [-0.4, -0.2) is 21.7 Å². The molecule has 0 bridgehead atoms. The van der Waals surface area contributed by atoms with Crippen molar-refractivity contribution in [2.45, 2.75) is 32.4 Å². The Morgan fingerprint density at radius 2 is 2.08 bits per heavy atom. The highest BCUT2D eigenvalue weighted by Crippen LogP contribution is 2.14. The fourth-order valence-corrected chi connectivity index (χ4v) is 3.38. The summed E-state index contributed by atoms with van der Waals surface area (Å²) < 4.78 is 1.85. The molecule has 0 saturated heterocycles. The monoisotopic (exact) mass is 341 g/mol. The van der Waals surface area contributed by atoms with Crippen molar-refractivity contribution in [3.8, 4) is 0 Å². The average molecular weight is 341 g/mol. The molecule has 0 aliphatic heterocycles. The van der Waals surface area contributed by atoms with Crippen molar-refractivity contribution in [2.24, 2.45) is 0 Å². The summed E-state index contributed by atoms with van der Waals surface area (Å²) in [5.74, 6) is -0.193. The third kappa shape index (κ3) is 3.89. The van der Waals surface area contributed by atoms with Gasteiger partial charge in [0, 0.05) is 11.4 Å². The molecule has 2 aromatic heterocycles. The second-order valence-corrected chi connectivity index (χ2v) is 6.72. The molecule has 3 aromatic rings. The number of aryl methyl sites for hydroxylation is 1. The number of benzene rings is 1. The van der Waals surface area contributed by atoms with E-state index in [0.717, 1.165) is 18.2 Å². The molecule has 1 amide bonds. The van der Waals surface area contributed by atoms with Gasteiger partial charge in [-0.05, 0) is 36.8 Å². The summed E-state index contributed by atoms with van der Waals surface area (Å²) in [7, 11) is 0. The van der Waals surface area contributed by atoms with Crippen LogP contribution in [0.15, 0.2) is 52.8 Å². The van der Waals surface area contributed by atoms with Crippen LogP contribution in [-0.2, 0) is 17.8 Å². The fraction of sp³-hybridized carbons (Fsp3) is 0.278. The van der Waals surface area contributed by atoms with E-state index in [2.05, 4.69) is 22.5 Å². The quantitative estimate of drug-likeness (QED) is 0.749. The van der Waals surface area contributed by atoms with E-state index in [1.165, 1.54) is 21.6 Å². The molecule has 0 fully saturated rings. The molecule has 6 heteroatoms. The van der Waals surface area contributed by atoms with Gasteiger partial charge in [0.25, 0.3) is 5.56 Å². The number of carbonyl (C=O) groups excluding carboxylic acids is 1. The predicted octanol–water partition coefficient (Wildman–Crippen LogP) is 2.60. The van der Waals surface area contributed by atoms with Gasteiger partial charge in [0.15, 0.2) is 0 Å². The first-order valence-electron chi connectivity index (χ1n) is 7.90. The molecule has 0 saturated carbocycles. The van der Waals surface area contributed by atoms with Crippen molar-refractivity contribution in [3.63, 3.8) is 0 Å². The van der Waals surface area contributed by atoms with Crippen LogP contribution >= 0.6 is 11.3 Å². The molecule has 3 rings (SSSR count). The van der Waals surface area contributed by atoms with Crippen LogP contribution in [0, 0.1) is 0 Å². The maximum Gasteiger partial charge on any atom is 0.285 e. The Balaban J connectivity index is 1.56. The summed E-state index contributed by atoms with van der Waals surface area (Å²) in [6, 6.07) is 12.1. The van der Waals surface area contributed by atoms with E-state index in [1.54, 1.807) is 6.20 Å². The van der Waals surface area contributed by atoms with Crippen molar-refractivity contribution in [3.05, 3.63) is 63.9 Å². The SMILES string of the molecule is C[C@@H](CCc1ccccc1)NC(=O)Cn1ncc2ccsc2c1=O. The van der Waals surface area contributed by atoms with Gasteiger partial charge in [0.1, 0.15) is 11.2 Å². The Morgan fingerprint density at radius 1 is 1.29 bits per heavy atom. The van der Waals surface area contributed by atoms with Crippen LogP contribution in [0.1, 0.15) is 18.9 Å². The molecule has 1 atom stereocenters. The maximum absolute atomic E-state index is 12.3. The van der Waals surface area contributed by atoms with Crippen LogP contribution < -0.4 is 10.9 Å². The Labute approximate surface area is 143 Å². The largest absolute Gasteiger partial charge is 0.352 e. The van der Waals surface area contributed by atoms with Crippen LogP contribution in [0.3, 0.4) is 0 Å². The lowest BCUT2D eigenvalue weighted by atomic mass is 10.1. The Kier molecular flexibility index (Phi) is 5.05. The first-order chi connectivity index (χ1) is 11.6. The van der Waals surface area contributed by atoms with Crippen molar-refractivity contribution >= 4 is 27.3 Å². The zero-order valence-electron chi connectivity index (χ0n) is 13.4. The van der Waals surface area contributed by atoms with E-state index in [4.69, 9.17) is 0 Å². The summed E-state index contributed by atoms with van der Waals surface area (Å²) in [5, 5.41) is 9.67. The summed E-state index contributed by atoms with van der Waals surface area (Å²) in [5.41, 5.74) is 1.04. The van der Waals surface area contributed by atoms with Gasteiger partial charge in [-0.3, -0.25) is 9.59 Å². The fourth-order valence-electron chi connectivity index (χ4n) is 2.57. The average Bonchev–Trinajstić information content (AvgIpc) is 3.06. The van der Waals surface area contributed by atoms with E-state index in [1.807, 2.05) is 36.6 Å². The number of aromatic nitrogens is 2. The molecule has 0 aliphatic rings. The number of fused-ring (bicyclic) bond motifs is 1. The minimum Gasteiger partial charge on any atom is -0.352 e. The number of amides is 1. The van der Waals surface area contributed by atoms with E-state index < -0.39 is 0 Å². The Morgan fingerprint density at radius 3 is 2.88 bits per heavy atom. The summed E-state index contributed by atoms with van der Waals surface area (Å²) >= 11 is 1.37. The van der Waals surface area contributed by atoms with E-state index >= 15 is 0 Å². The number of thiophene rings is 1. The van der Waals surface area contributed by atoms with E-state index in [0.29, 0.717) is 4.70 Å². The Hall–Kier alpha value is -2.47. The first-order valence-corrected chi connectivity index (χ1v) is 8.78. The van der Waals surface area contributed by atoms with Gasteiger partial charge in [-0.25, -0.2) is 4.68 Å². The molecular weight excluding hydrogens is 322 g/mol. The zero-order chi connectivity index (χ0) is 16.9. The first kappa shape index (κ1) is 16.4. The number of hydrogen-bond acceptors (Lipinski definition) is 4. The van der Waals surface area contributed by atoms with E-state index in [9.17, 15) is 9.59 Å². The lowest BCUT2D eigenvalue weighted by molar-refractivity contribution is -0.122. The number of rotatable bonds is 6. The molecule has 5 nitrogen and oxygen atoms in total. The topological polar surface area (TPSA) is 64.0 Å². The van der Waals surface area contributed by atoms with Crippen molar-refractivity contribution in [1.29, 1.82) is 0 Å². The van der Waals surface area contributed by atoms with Gasteiger partial charge < -0.3 is 5.32 Å². The van der Waals surface area contributed by atoms with Crippen molar-refractivity contribution in [2.75, 3.05) is 0 Å². The lowest BCUT2D eigenvalue weighted by Gasteiger charge is -2.14. The number of hydrogen-bond donors (Lipinski definition) is 1. The standard InChI is InChI=1S/C18H19N3O2S/c1-13(7-8-14-5-3-2-4-6-14)20-16(22)12-21-18(23)17-15(11-19-21)9-10-24-17/h2-6,9-11,13H,7-8,12H2,1H3,(H,20,22)/t13-/m0/s1. The molecule has 24 heavy (non-hydrogen) atoms. The summed E-state index contributed by atoms with van der Waals surface area (Å²) in [4.78, 5) is 24.4. The van der Waals surface area contributed by atoms with Gasteiger partial charge in [0.2, 0.25) is 5.91 Å². The van der Waals surface area contributed by atoms with Crippen LogP contribution in [0.5, 0.6) is 0 Å². The normalized spacial score (nSPS) is 12.2. The third-order valence-corrected chi connectivity index (χ3v) is 4.79. The number of carbonyl (C=O) groups is 1. The molecule has 2 heterocycles. The van der Waals surface area contributed by atoms with Gasteiger partial charge in [0.05, 0.1) is 6.20 Å². The lowest BCUT2D eigenvalue weighted by Crippen LogP contribution is -2.38. The highest BCUT2D eigenvalue weighted by atomic mass is 32.1. The van der Waals surface area contributed by atoms with Crippen LogP contribution in [0.2, 0.25) is 0 Å². The van der Waals surface area contributed by atoms with Crippen LogP contribution in [0.25, 0.3) is 10.1 Å². The second-order valence-electron chi connectivity index (χ2n) is 5.81. The third-order valence-electron chi connectivity index (χ3n) is 3.87. The number of nitrogens with zero attached hydrogens (tertiary/aromatic N) is 2. The molecular formula is C18H19N3O2S.